The number of aryl methyl sites for hydroxylation is 2. The van der Waals surface area contributed by atoms with Crippen LogP contribution in [-0.4, -0.2) is 15.9 Å². The second-order valence-corrected chi connectivity index (χ2v) is 17.4. The molecule has 0 aliphatic rings. The van der Waals surface area contributed by atoms with Crippen LogP contribution in [0.4, 0.5) is 0 Å². The fourth-order valence-corrected chi connectivity index (χ4v) is 7.17. The quantitative estimate of drug-likeness (QED) is 0.0796. The van der Waals surface area contributed by atoms with Gasteiger partial charge in [0.05, 0.1) is 0 Å². The second kappa shape index (κ2) is 17.7. The van der Waals surface area contributed by atoms with Crippen molar-refractivity contribution in [1.29, 1.82) is 0 Å². The fraction of sp³-hybridized carbons (Fsp3) is 0.440. The van der Waals surface area contributed by atoms with E-state index in [1.165, 1.54) is 22.6 Å². The van der Waals surface area contributed by atoms with Crippen molar-refractivity contribution in [3.05, 3.63) is 101 Å². The summed E-state index contributed by atoms with van der Waals surface area (Å²) in [4.78, 5) is 17.2. The first kappa shape index (κ1) is 44.7. The number of fused-ring (bicyclic) bond motifs is 3. The van der Waals surface area contributed by atoms with E-state index in [0.717, 1.165) is 93.5 Å². The summed E-state index contributed by atoms with van der Waals surface area (Å²) in [6.07, 6.45) is 5.69. The number of aliphatic hydroxyl groups is 1. The van der Waals surface area contributed by atoms with E-state index in [-0.39, 0.29) is 47.9 Å². The van der Waals surface area contributed by atoms with E-state index in [4.69, 9.17) is 13.8 Å². The van der Waals surface area contributed by atoms with Gasteiger partial charge in [-0.1, -0.05) is 117 Å². The molecule has 3 aromatic carbocycles. The van der Waals surface area contributed by atoms with Crippen molar-refractivity contribution in [2.75, 3.05) is 0 Å². The minimum Gasteiger partial charge on any atom is -0.512 e. The Bertz CT molecular complexity index is 2340. The summed E-state index contributed by atoms with van der Waals surface area (Å²) in [7, 11) is 0. The average molecular weight is 933 g/mol. The maximum Gasteiger partial charge on any atom is 0.164 e. The van der Waals surface area contributed by atoms with Gasteiger partial charge >= 0.3 is 0 Å². The minimum atomic E-state index is -0.337. The number of allylic oxidation sites excluding steroid dienone is 2. The number of nitrogens with zero attached hydrogens (tertiary/aromatic N) is 1. The molecular weight excluding hydrogens is 871 g/mol. The molecule has 0 bridgehead atoms. The third-order valence-electron chi connectivity index (χ3n) is 12.0. The summed E-state index contributed by atoms with van der Waals surface area (Å²) in [5.74, 6) is 2.75. The largest absolute Gasteiger partial charge is 0.512 e. The van der Waals surface area contributed by atoms with E-state index in [2.05, 4.69) is 102 Å². The fourth-order valence-electron chi connectivity index (χ4n) is 7.17. The van der Waals surface area contributed by atoms with E-state index < -0.39 is 0 Å². The molecular formula is C50H62IrNO4-. The van der Waals surface area contributed by atoms with Crippen LogP contribution in [0, 0.1) is 36.7 Å². The molecule has 6 rings (SSSR count). The number of benzene rings is 3. The molecule has 6 heteroatoms. The van der Waals surface area contributed by atoms with Crippen LogP contribution in [0.5, 0.6) is 0 Å². The van der Waals surface area contributed by atoms with Crippen LogP contribution in [0.1, 0.15) is 124 Å². The average Bonchev–Trinajstić information content (AvgIpc) is 3.69. The van der Waals surface area contributed by atoms with Crippen LogP contribution in [0.15, 0.2) is 81.3 Å². The summed E-state index contributed by atoms with van der Waals surface area (Å²) in [5, 5.41) is 13.6. The van der Waals surface area contributed by atoms with E-state index in [1.807, 2.05) is 54.5 Å². The van der Waals surface area contributed by atoms with Gasteiger partial charge in [-0.2, -0.15) is 0 Å². The second-order valence-electron chi connectivity index (χ2n) is 17.4. The summed E-state index contributed by atoms with van der Waals surface area (Å²) in [6.45, 7) is 27.5. The number of aromatic nitrogens is 1. The van der Waals surface area contributed by atoms with Crippen molar-refractivity contribution in [3.8, 4) is 22.4 Å². The third-order valence-corrected chi connectivity index (χ3v) is 12.0. The van der Waals surface area contributed by atoms with Gasteiger partial charge in [-0.25, -0.2) is 0 Å². The molecule has 1 radical (unpaired) electrons. The molecule has 1 N–H and O–H groups in total. The van der Waals surface area contributed by atoms with Gasteiger partial charge in [-0.3, -0.25) is 9.78 Å². The SMILES string of the molecule is CCC(C)(CC)C(=O)/C=C(\O)C(C)(CC)CC.Cc1cc2nc(-c3[c-]c4ccccc4c(C(C)(C)C)c3)cc(-c3ccc4oc(CC(C)C)c(C)c4c3)c2o1.[Ir]. The van der Waals surface area contributed by atoms with Gasteiger partial charge < -0.3 is 13.9 Å². The van der Waals surface area contributed by atoms with Crippen LogP contribution in [-0.2, 0) is 36.7 Å². The molecule has 3 heterocycles. The molecule has 6 aromatic rings. The maximum atomic E-state index is 12.2. The molecule has 0 spiro atoms. The predicted octanol–water partition coefficient (Wildman–Crippen LogP) is 14.6. The number of aliphatic hydroxyl groups excluding tert-OH is 1. The van der Waals surface area contributed by atoms with Crippen molar-refractivity contribution < 1.29 is 38.8 Å². The molecule has 0 atom stereocenters. The molecule has 0 fully saturated rings. The number of hydrogen-bond donors (Lipinski definition) is 1. The van der Waals surface area contributed by atoms with Crippen molar-refractivity contribution >= 4 is 38.6 Å². The van der Waals surface area contributed by atoms with Gasteiger partial charge in [0, 0.05) is 66.1 Å². The van der Waals surface area contributed by atoms with Gasteiger partial charge in [0.25, 0.3) is 0 Å². The maximum absolute atomic E-state index is 12.2. The Morgan fingerprint density at radius 1 is 0.839 bits per heavy atom. The van der Waals surface area contributed by atoms with Gasteiger partial charge in [0.1, 0.15) is 28.4 Å². The minimum absolute atomic E-state index is 0. The Morgan fingerprint density at radius 3 is 2.09 bits per heavy atom. The predicted molar refractivity (Wildman–Crippen MR) is 231 cm³/mol. The van der Waals surface area contributed by atoms with Gasteiger partial charge in [-0.05, 0) is 74.1 Å². The Labute approximate surface area is 348 Å². The molecule has 0 saturated carbocycles. The van der Waals surface area contributed by atoms with E-state index in [0.29, 0.717) is 5.92 Å². The molecule has 0 aliphatic heterocycles. The van der Waals surface area contributed by atoms with E-state index in [1.54, 1.807) is 0 Å². The summed E-state index contributed by atoms with van der Waals surface area (Å²) < 4.78 is 12.4. The third kappa shape index (κ3) is 9.24. The summed E-state index contributed by atoms with van der Waals surface area (Å²) in [6, 6.07) is 25.1. The molecule has 56 heavy (non-hydrogen) atoms. The number of pyridine rings is 1. The van der Waals surface area contributed by atoms with Gasteiger partial charge in [0.2, 0.25) is 0 Å². The van der Waals surface area contributed by atoms with Crippen molar-refractivity contribution in [2.24, 2.45) is 16.7 Å². The molecule has 0 aliphatic carbocycles. The number of carbonyl (C=O) groups is 1. The van der Waals surface area contributed by atoms with Crippen LogP contribution < -0.4 is 0 Å². The topological polar surface area (TPSA) is 76.5 Å². The van der Waals surface area contributed by atoms with Crippen molar-refractivity contribution in [3.63, 3.8) is 0 Å². The molecule has 301 valence electrons. The van der Waals surface area contributed by atoms with Crippen LogP contribution in [0.25, 0.3) is 55.2 Å². The van der Waals surface area contributed by atoms with Crippen molar-refractivity contribution in [1.82, 2.24) is 4.98 Å². The zero-order chi connectivity index (χ0) is 40.5. The zero-order valence-electron chi connectivity index (χ0n) is 35.9. The zero-order valence-corrected chi connectivity index (χ0v) is 38.3. The number of furan rings is 2. The first-order valence-corrected chi connectivity index (χ1v) is 20.2. The van der Waals surface area contributed by atoms with Crippen LogP contribution in [0.3, 0.4) is 0 Å². The number of carbonyl (C=O) groups excluding carboxylic acids is 1. The normalized spacial score (nSPS) is 12.6. The Kier molecular flexibility index (Phi) is 14.1. The Hall–Kier alpha value is -3.99. The van der Waals surface area contributed by atoms with Gasteiger partial charge in [-0.15, -0.1) is 29.1 Å². The van der Waals surface area contributed by atoms with Crippen LogP contribution in [0.2, 0.25) is 0 Å². The molecule has 0 amide bonds. The number of rotatable bonds is 11. The smallest absolute Gasteiger partial charge is 0.164 e. The number of ketones is 1. The summed E-state index contributed by atoms with van der Waals surface area (Å²) in [5.41, 5.74) is 8.52. The first-order chi connectivity index (χ1) is 25.9. The Morgan fingerprint density at radius 2 is 1.48 bits per heavy atom. The Balaban J connectivity index is 0.000000330. The van der Waals surface area contributed by atoms with E-state index >= 15 is 0 Å². The van der Waals surface area contributed by atoms with Crippen LogP contribution >= 0.6 is 0 Å². The molecule has 3 aromatic heterocycles. The van der Waals surface area contributed by atoms with Crippen molar-refractivity contribution in [2.45, 2.75) is 128 Å². The monoisotopic (exact) mass is 933 g/mol. The molecule has 5 nitrogen and oxygen atoms in total. The number of hydrogen-bond acceptors (Lipinski definition) is 5. The molecule has 0 saturated heterocycles. The van der Waals surface area contributed by atoms with E-state index in [9.17, 15) is 9.90 Å². The first-order valence-electron chi connectivity index (χ1n) is 20.2. The standard InChI is InChI=1S/C35H34NO2.C15H28O2.Ir/c1-20(2)14-33-22(4)27-17-24(12-13-32(27)38-33)28-19-30(36-31-15-21(3)37-34(28)31)25-16-23-10-8-9-11-26(23)29(18-25)35(5,6)7;1-7-14(5,8-2)12(16)11-13(17)15(6,9-3)10-4;/h8-13,15,17-20H,14H2,1-7H3;11,16H,7-10H2,1-6H3;/q-1;;/b;12-11-;. The van der Waals surface area contributed by atoms with Gasteiger partial charge in [0.15, 0.2) is 11.4 Å². The summed E-state index contributed by atoms with van der Waals surface area (Å²) >= 11 is 0. The molecule has 0 unspecified atom stereocenters.